The van der Waals surface area contributed by atoms with Crippen molar-refractivity contribution in [2.45, 2.75) is 9.79 Å². The van der Waals surface area contributed by atoms with Gasteiger partial charge in [-0.3, -0.25) is 9.35 Å². The van der Waals surface area contributed by atoms with Crippen molar-refractivity contribution in [3.63, 3.8) is 0 Å². The standard InChI is InChI=1S/C25H22N4O9S2/c26-17-4-1-15(2-5-17)25(31)27-22-8-7-19(13-23(22)36-10-9-30)29-28-18-6-3-16-11-20(39-38-37-32)14-24(21(16)12-18)40(33,34)35/h1-8,11-14,30,32H,9-10,26H2,(H,27,31)(H,33,34,35). The largest absolute Gasteiger partial charge is 0.489 e. The monoisotopic (exact) mass is 586 g/mol. The number of anilines is 2. The third-order valence-corrected chi connectivity index (χ3v) is 6.78. The molecule has 0 unspecified atom stereocenters. The van der Waals surface area contributed by atoms with E-state index in [0.717, 1.165) is 6.07 Å². The number of nitrogens with zero attached hydrogens (tertiary/aromatic N) is 2. The van der Waals surface area contributed by atoms with E-state index >= 15 is 0 Å². The predicted molar refractivity (Wildman–Crippen MR) is 146 cm³/mol. The first kappa shape index (κ1) is 28.9. The van der Waals surface area contributed by atoms with Crippen molar-refractivity contribution in [1.82, 2.24) is 0 Å². The number of carbonyl (C=O) groups excluding carboxylic acids is 1. The summed E-state index contributed by atoms with van der Waals surface area (Å²) in [6.07, 6.45) is 0. The van der Waals surface area contributed by atoms with Crippen LogP contribution in [0.15, 0.2) is 92.8 Å². The zero-order valence-electron chi connectivity index (χ0n) is 20.4. The van der Waals surface area contributed by atoms with Gasteiger partial charge in [0.15, 0.2) is 0 Å². The van der Waals surface area contributed by atoms with E-state index in [9.17, 15) is 22.9 Å². The average Bonchev–Trinajstić information content (AvgIpc) is 2.94. The zero-order valence-corrected chi connectivity index (χ0v) is 22.1. The number of hydrogen-bond donors (Lipinski definition) is 5. The molecule has 0 radical (unpaired) electrons. The van der Waals surface area contributed by atoms with Crippen molar-refractivity contribution in [3.05, 3.63) is 78.4 Å². The zero-order chi connectivity index (χ0) is 28.7. The molecule has 0 spiro atoms. The van der Waals surface area contributed by atoms with Gasteiger partial charge in [0, 0.05) is 27.6 Å². The van der Waals surface area contributed by atoms with Crippen LogP contribution in [-0.2, 0) is 19.5 Å². The number of aliphatic hydroxyl groups excluding tert-OH is 1. The lowest BCUT2D eigenvalue weighted by molar-refractivity contribution is -0.432. The van der Waals surface area contributed by atoms with E-state index in [1.54, 1.807) is 54.6 Å². The van der Waals surface area contributed by atoms with Crippen molar-refractivity contribution < 1.29 is 42.2 Å². The predicted octanol–water partition coefficient (Wildman–Crippen LogP) is 5.14. The number of nitrogen functional groups attached to an aromatic ring is 1. The molecule has 0 aromatic heterocycles. The number of ether oxygens (including phenoxy) is 1. The summed E-state index contributed by atoms with van der Waals surface area (Å²) in [4.78, 5) is 12.5. The molecule has 0 atom stereocenters. The Hall–Kier alpha value is -4.09. The third-order valence-electron chi connectivity index (χ3n) is 5.33. The average molecular weight is 587 g/mol. The second-order valence-electron chi connectivity index (χ2n) is 8.06. The topological polar surface area (TPSA) is 202 Å². The highest BCUT2D eigenvalue weighted by Crippen LogP contribution is 2.34. The fourth-order valence-electron chi connectivity index (χ4n) is 3.56. The molecule has 0 heterocycles. The van der Waals surface area contributed by atoms with Gasteiger partial charge in [0.05, 0.1) is 35.7 Å². The smallest absolute Gasteiger partial charge is 0.295 e. The number of carbonyl (C=O) groups is 1. The van der Waals surface area contributed by atoms with Gasteiger partial charge < -0.3 is 20.9 Å². The minimum atomic E-state index is -4.63. The third kappa shape index (κ3) is 7.30. The van der Waals surface area contributed by atoms with Gasteiger partial charge in [-0.15, -0.1) is 4.33 Å². The molecule has 0 saturated heterocycles. The van der Waals surface area contributed by atoms with Gasteiger partial charge in [-0.1, -0.05) is 11.1 Å². The normalized spacial score (nSPS) is 11.7. The Kier molecular flexibility index (Phi) is 9.28. The molecule has 0 aliphatic carbocycles. The van der Waals surface area contributed by atoms with E-state index in [1.807, 2.05) is 0 Å². The van der Waals surface area contributed by atoms with Gasteiger partial charge in [-0.05, 0) is 66.0 Å². The maximum absolute atomic E-state index is 12.6. The molecule has 4 rings (SSSR count). The number of rotatable bonds is 11. The molecular formula is C25H22N4O9S2. The summed E-state index contributed by atoms with van der Waals surface area (Å²) in [5, 5.41) is 32.7. The van der Waals surface area contributed by atoms with Crippen molar-refractivity contribution >= 4 is 61.6 Å². The number of nitrogens with one attached hydrogen (secondary N) is 1. The van der Waals surface area contributed by atoms with Crippen LogP contribution in [0.2, 0.25) is 0 Å². The van der Waals surface area contributed by atoms with Crippen LogP contribution in [0.4, 0.5) is 22.7 Å². The highest BCUT2D eigenvalue weighted by molar-refractivity contribution is 7.94. The Morgan fingerprint density at radius 2 is 1.68 bits per heavy atom. The van der Waals surface area contributed by atoms with Gasteiger partial charge in [-0.25, -0.2) is 5.26 Å². The van der Waals surface area contributed by atoms with Gasteiger partial charge in [0.1, 0.15) is 17.3 Å². The van der Waals surface area contributed by atoms with Gasteiger partial charge >= 0.3 is 0 Å². The van der Waals surface area contributed by atoms with E-state index in [-0.39, 0.29) is 34.9 Å². The Morgan fingerprint density at radius 3 is 2.35 bits per heavy atom. The van der Waals surface area contributed by atoms with Gasteiger partial charge in [0.2, 0.25) is 0 Å². The van der Waals surface area contributed by atoms with E-state index in [4.69, 9.17) is 15.7 Å². The molecule has 40 heavy (non-hydrogen) atoms. The quantitative estimate of drug-likeness (QED) is 0.0389. The fourth-order valence-corrected chi connectivity index (χ4v) is 4.81. The summed E-state index contributed by atoms with van der Waals surface area (Å²) in [6, 6.07) is 18.3. The number of amides is 1. The Labute approximate surface area is 232 Å². The Bertz CT molecular complexity index is 1660. The highest BCUT2D eigenvalue weighted by atomic mass is 32.2. The van der Waals surface area contributed by atoms with Crippen LogP contribution < -0.4 is 15.8 Å². The van der Waals surface area contributed by atoms with Crippen molar-refractivity contribution in [3.8, 4) is 5.75 Å². The van der Waals surface area contributed by atoms with E-state index < -0.39 is 20.9 Å². The van der Waals surface area contributed by atoms with E-state index in [2.05, 4.69) is 24.9 Å². The first-order chi connectivity index (χ1) is 19.2. The first-order valence-corrected chi connectivity index (χ1v) is 13.5. The van der Waals surface area contributed by atoms with Crippen LogP contribution >= 0.6 is 12.0 Å². The van der Waals surface area contributed by atoms with Crippen LogP contribution in [0.3, 0.4) is 0 Å². The van der Waals surface area contributed by atoms with Crippen LogP contribution in [0.5, 0.6) is 5.75 Å². The van der Waals surface area contributed by atoms with E-state index in [1.165, 1.54) is 12.1 Å². The van der Waals surface area contributed by atoms with Crippen LogP contribution in [0.1, 0.15) is 10.4 Å². The molecule has 15 heteroatoms. The minimum Gasteiger partial charge on any atom is -0.489 e. The lowest BCUT2D eigenvalue weighted by atomic mass is 10.1. The molecular weight excluding hydrogens is 564 g/mol. The molecule has 13 nitrogen and oxygen atoms in total. The maximum Gasteiger partial charge on any atom is 0.295 e. The van der Waals surface area contributed by atoms with Gasteiger partial charge in [-0.2, -0.15) is 18.6 Å². The summed E-state index contributed by atoms with van der Waals surface area (Å²) in [5.74, 6) is -0.161. The molecule has 6 N–H and O–H groups in total. The van der Waals surface area contributed by atoms with Crippen LogP contribution in [-0.4, -0.2) is 42.5 Å². The summed E-state index contributed by atoms with van der Waals surface area (Å²) in [6.45, 7) is -0.298. The summed E-state index contributed by atoms with van der Waals surface area (Å²) in [7, 11) is -4.63. The Morgan fingerprint density at radius 1 is 0.975 bits per heavy atom. The fraction of sp³-hybridized carbons (Fsp3) is 0.0800. The molecule has 0 bridgehead atoms. The molecule has 0 aliphatic heterocycles. The number of aliphatic hydroxyl groups is 1. The first-order valence-electron chi connectivity index (χ1n) is 11.3. The summed E-state index contributed by atoms with van der Waals surface area (Å²) < 4.78 is 43.7. The molecule has 4 aromatic rings. The molecule has 4 aromatic carbocycles. The second kappa shape index (κ2) is 12.8. The number of azo groups is 1. The van der Waals surface area contributed by atoms with Crippen molar-refractivity contribution in [1.29, 1.82) is 0 Å². The number of hydrogen-bond acceptors (Lipinski definition) is 12. The highest BCUT2D eigenvalue weighted by Gasteiger charge is 2.17. The SMILES string of the molecule is Nc1ccc(C(=O)Nc2ccc(N=Nc3ccc4cc(SOOO)cc(S(=O)(=O)O)c4c3)cc2OCCO)cc1. The molecule has 0 saturated carbocycles. The molecule has 1 amide bonds. The number of fused-ring (bicyclic) bond motifs is 1. The van der Waals surface area contributed by atoms with Crippen molar-refractivity contribution in [2.75, 3.05) is 24.3 Å². The van der Waals surface area contributed by atoms with Crippen LogP contribution in [0.25, 0.3) is 10.8 Å². The molecule has 0 fully saturated rings. The van der Waals surface area contributed by atoms with E-state index in [0.29, 0.717) is 40.1 Å². The maximum atomic E-state index is 12.6. The van der Waals surface area contributed by atoms with Gasteiger partial charge in [0.25, 0.3) is 16.0 Å². The minimum absolute atomic E-state index is 0.0375. The second-order valence-corrected chi connectivity index (χ2v) is 10.2. The molecule has 208 valence electrons. The Balaban J connectivity index is 1.62. The summed E-state index contributed by atoms with van der Waals surface area (Å²) in [5.41, 5.74) is 7.51. The lowest BCUT2D eigenvalue weighted by Crippen LogP contribution is -2.13. The van der Waals surface area contributed by atoms with Crippen LogP contribution in [0, 0.1) is 0 Å². The lowest BCUT2D eigenvalue weighted by Gasteiger charge is -2.12. The summed E-state index contributed by atoms with van der Waals surface area (Å²) >= 11 is 0.540. The molecule has 0 aliphatic rings. The van der Waals surface area contributed by atoms with Crippen molar-refractivity contribution in [2.24, 2.45) is 10.2 Å². The number of benzene rings is 4. The number of nitrogens with two attached hydrogens (primary N) is 1.